The molecule has 1 fully saturated rings. The molecule has 1 aliphatic rings. The smallest absolute Gasteiger partial charge is 0.293 e. The third kappa shape index (κ3) is 4.77. The first kappa shape index (κ1) is 21.7. The van der Waals surface area contributed by atoms with Crippen LogP contribution in [0.5, 0.6) is 0 Å². The number of likely N-dealkylation sites (N-methyl/N-ethyl adjacent to an activating group) is 1. The lowest BCUT2D eigenvalue weighted by molar-refractivity contribution is -0.384. The summed E-state index contributed by atoms with van der Waals surface area (Å²) in [6.07, 6.45) is 0. The summed E-state index contributed by atoms with van der Waals surface area (Å²) in [6.45, 7) is 3.88. The predicted octanol–water partition coefficient (Wildman–Crippen LogP) is 3.47. The zero-order chi connectivity index (χ0) is 21.2. The van der Waals surface area contributed by atoms with Crippen LogP contribution in [0.4, 0.5) is 11.4 Å². The first-order valence-electron chi connectivity index (χ1n) is 9.18. The molecular formula is C19H23BrN4O4S. The van der Waals surface area contributed by atoms with Gasteiger partial charge in [0.25, 0.3) is 5.69 Å². The summed E-state index contributed by atoms with van der Waals surface area (Å²) in [5.74, 6) is 0. The van der Waals surface area contributed by atoms with Crippen LogP contribution in [0.3, 0.4) is 0 Å². The number of sulfonamides is 1. The first-order valence-corrected chi connectivity index (χ1v) is 11.4. The van der Waals surface area contributed by atoms with Gasteiger partial charge in [-0.1, -0.05) is 34.1 Å². The number of nitro benzene ring substituents is 1. The lowest BCUT2D eigenvalue weighted by Crippen LogP contribution is -2.47. The summed E-state index contributed by atoms with van der Waals surface area (Å²) >= 11 is 3.48. The molecule has 156 valence electrons. The topological polar surface area (TPSA) is 95.8 Å². The molecule has 29 heavy (non-hydrogen) atoms. The molecule has 10 heteroatoms. The van der Waals surface area contributed by atoms with Crippen molar-refractivity contribution in [2.45, 2.75) is 17.9 Å². The zero-order valence-corrected chi connectivity index (χ0v) is 18.6. The van der Waals surface area contributed by atoms with Crippen molar-refractivity contribution >= 4 is 37.3 Å². The van der Waals surface area contributed by atoms with Gasteiger partial charge in [0.2, 0.25) is 10.0 Å². The molecule has 0 aliphatic carbocycles. The fraction of sp³-hybridized carbons (Fsp3) is 0.368. The molecule has 0 spiro atoms. The lowest BCUT2D eigenvalue weighted by Gasteiger charge is -2.31. The molecule has 0 radical (unpaired) electrons. The second kappa shape index (κ2) is 8.78. The Morgan fingerprint density at radius 2 is 1.79 bits per heavy atom. The highest BCUT2D eigenvalue weighted by molar-refractivity contribution is 9.10. The molecule has 3 rings (SSSR count). The van der Waals surface area contributed by atoms with Gasteiger partial charge in [-0.25, -0.2) is 8.42 Å². The molecule has 0 aromatic heterocycles. The molecule has 1 atom stereocenters. The summed E-state index contributed by atoms with van der Waals surface area (Å²) in [5, 5.41) is 14.8. The van der Waals surface area contributed by atoms with Crippen LogP contribution in [0.2, 0.25) is 0 Å². The van der Waals surface area contributed by atoms with Gasteiger partial charge in [0, 0.05) is 42.8 Å². The molecule has 1 aliphatic heterocycles. The second-order valence-electron chi connectivity index (χ2n) is 7.03. The van der Waals surface area contributed by atoms with Crippen molar-refractivity contribution in [3.63, 3.8) is 0 Å². The Kier molecular flexibility index (Phi) is 6.57. The van der Waals surface area contributed by atoms with Crippen LogP contribution in [0.1, 0.15) is 18.5 Å². The van der Waals surface area contributed by atoms with E-state index in [1.54, 1.807) is 0 Å². The van der Waals surface area contributed by atoms with Gasteiger partial charge in [-0.3, -0.25) is 10.1 Å². The molecule has 0 saturated carbocycles. The van der Waals surface area contributed by atoms with E-state index in [0.29, 0.717) is 26.2 Å². The Hall–Kier alpha value is -2.01. The van der Waals surface area contributed by atoms with Crippen LogP contribution in [0.15, 0.2) is 51.8 Å². The molecular weight excluding hydrogens is 460 g/mol. The fourth-order valence-electron chi connectivity index (χ4n) is 3.26. The molecule has 1 N–H and O–H groups in total. The Morgan fingerprint density at radius 3 is 2.41 bits per heavy atom. The molecule has 2 aromatic rings. The minimum absolute atomic E-state index is 0.0622. The molecule has 0 amide bonds. The van der Waals surface area contributed by atoms with Gasteiger partial charge in [0.1, 0.15) is 5.69 Å². The number of nitrogens with one attached hydrogen (secondary N) is 1. The summed E-state index contributed by atoms with van der Waals surface area (Å²) in [6, 6.07) is 11.4. The molecule has 1 saturated heterocycles. The van der Waals surface area contributed by atoms with Gasteiger partial charge in [-0.05, 0) is 37.7 Å². The van der Waals surface area contributed by atoms with E-state index in [4.69, 9.17) is 0 Å². The normalized spacial score (nSPS) is 17.1. The van der Waals surface area contributed by atoms with Gasteiger partial charge in [-0.2, -0.15) is 4.31 Å². The van der Waals surface area contributed by atoms with Crippen LogP contribution in [0.25, 0.3) is 0 Å². The fourth-order valence-corrected chi connectivity index (χ4v) is 5.33. The van der Waals surface area contributed by atoms with Crippen molar-refractivity contribution in [3.8, 4) is 0 Å². The number of rotatable bonds is 6. The Bertz CT molecular complexity index is 1010. The number of hydrogen-bond donors (Lipinski definition) is 1. The third-order valence-electron chi connectivity index (χ3n) is 5.01. The van der Waals surface area contributed by atoms with E-state index < -0.39 is 14.9 Å². The number of nitro groups is 1. The molecule has 8 nitrogen and oxygen atoms in total. The SMILES string of the molecule is C[C@H](Nc1ccc(S(=O)(=O)N2CCN(C)CC2)cc1[N+](=O)[O-])c1ccccc1Br. The lowest BCUT2D eigenvalue weighted by atomic mass is 10.1. The van der Waals surface area contributed by atoms with Crippen molar-refractivity contribution in [2.24, 2.45) is 0 Å². The van der Waals surface area contributed by atoms with Gasteiger partial charge in [-0.15, -0.1) is 0 Å². The average molecular weight is 483 g/mol. The highest BCUT2D eigenvalue weighted by atomic mass is 79.9. The van der Waals surface area contributed by atoms with Crippen LogP contribution < -0.4 is 5.32 Å². The summed E-state index contributed by atoms with van der Waals surface area (Å²) in [4.78, 5) is 13.1. The Labute approximate surface area is 178 Å². The number of nitrogens with zero attached hydrogens (tertiary/aromatic N) is 3. The number of anilines is 1. The maximum atomic E-state index is 12.9. The van der Waals surface area contributed by atoms with E-state index in [9.17, 15) is 18.5 Å². The van der Waals surface area contributed by atoms with Crippen molar-refractivity contribution < 1.29 is 13.3 Å². The van der Waals surface area contributed by atoms with Crippen molar-refractivity contribution in [3.05, 3.63) is 62.6 Å². The van der Waals surface area contributed by atoms with Gasteiger partial charge >= 0.3 is 0 Å². The first-order chi connectivity index (χ1) is 13.7. The summed E-state index contributed by atoms with van der Waals surface area (Å²) in [7, 11) is -1.85. The van der Waals surface area contributed by atoms with Gasteiger partial charge < -0.3 is 10.2 Å². The minimum Gasteiger partial charge on any atom is -0.373 e. The Morgan fingerprint density at radius 1 is 1.14 bits per heavy atom. The number of hydrogen-bond acceptors (Lipinski definition) is 6. The third-order valence-corrected chi connectivity index (χ3v) is 7.63. The van der Waals surface area contributed by atoms with Crippen molar-refractivity contribution in [1.82, 2.24) is 9.21 Å². The van der Waals surface area contributed by atoms with E-state index >= 15 is 0 Å². The van der Waals surface area contributed by atoms with Crippen LogP contribution in [-0.4, -0.2) is 55.8 Å². The van der Waals surface area contributed by atoms with Crippen molar-refractivity contribution in [2.75, 3.05) is 38.5 Å². The standard InChI is InChI=1S/C19H23BrN4O4S/c1-14(16-5-3-4-6-17(16)20)21-18-8-7-15(13-19(18)24(25)26)29(27,28)23-11-9-22(2)10-12-23/h3-8,13-14,21H,9-12H2,1-2H3/t14-/m0/s1. The number of piperazine rings is 1. The van der Waals surface area contributed by atoms with E-state index in [1.165, 1.54) is 16.4 Å². The molecule has 0 bridgehead atoms. The highest BCUT2D eigenvalue weighted by Gasteiger charge is 2.30. The summed E-state index contributed by atoms with van der Waals surface area (Å²) < 4.78 is 28.1. The zero-order valence-electron chi connectivity index (χ0n) is 16.2. The van der Waals surface area contributed by atoms with Crippen LogP contribution in [0, 0.1) is 10.1 Å². The molecule has 0 unspecified atom stereocenters. The maximum Gasteiger partial charge on any atom is 0.293 e. The predicted molar refractivity (Wildman–Crippen MR) is 116 cm³/mol. The van der Waals surface area contributed by atoms with E-state index in [0.717, 1.165) is 16.1 Å². The average Bonchev–Trinajstić information content (AvgIpc) is 2.68. The monoisotopic (exact) mass is 482 g/mol. The van der Waals surface area contributed by atoms with Crippen LogP contribution in [-0.2, 0) is 10.0 Å². The summed E-state index contributed by atoms with van der Waals surface area (Å²) in [5.41, 5.74) is 0.950. The van der Waals surface area contributed by atoms with Crippen molar-refractivity contribution in [1.29, 1.82) is 0 Å². The van der Waals surface area contributed by atoms with E-state index in [2.05, 4.69) is 21.2 Å². The molecule has 1 heterocycles. The second-order valence-corrected chi connectivity index (χ2v) is 9.82. The van der Waals surface area contributed by atoms with E-state index in [-0.39, 0.29) is 22.3 Å². The number of halogens is 1. The molecule has 2 aromatic carbocycles. The van der Waals surface area contributed by atoms with E-state index in [1.807, 2.05) is 43.1 Å². The van der Waals surface area contributed by atoms with Gasteiger partial charge in [0.05, 0.1) is 9.82 Å². The highest BCUT2D eigenvalue weighted by Crippen LogP contribution is 2.33. The Balaban J connectivity index is 1.89. The minimum atomic E-state index is -3.78. The number of benzene rings is 2. The van der Waals surface area contributed by atoms with Crippen LogP contribution >= 0.6 is 15.9 Å². The quantitative estimate of drug-likeness (QED) is 0.500. The van der Waals surface area contributed by atoms with Gasteiger partial charge in [0.15, 0.2) is 0 Å². The maximum absolute atomic E-state index is 12.9. The largest absolute Gasteiger partial charge is 0.373 e.